The van der Waals surface area contributed by atoms with E-state index in [0.717, 1.165) is 5.57 Å². The van der Waals surface area contributed by atoms with E-state index in [9.17, 15) is 4.79 Å². The molecule has 0 aliphatic heterocycles. The number of allylic oxidation sites excluding steroid dienone is 2. The predicted octanol–water partition coefficient (Wildman–Crippen LogP) is 2.12. The number of nitrogens with zero attached hydrogens (tertiary/aromatic N) is 2. The molecule has 2 N–H and O–H groups in total. The Morgan fingerprint density at radius 1 is 1.60 bits per heavy atom. The van der Waals surface area contributed by atoms with Crippen molar-refractivity contribution in [3.05, 3.63) is 60.8 Å². The highest BCUT2D eigenvalue weighted by Gasteiger charge is 2.14. The number of amides is 1. The van der Waals surface area contributed by atoms with Gasteiger partial charge in [0.05, 0.1) is 6.04 Å². The van der Waals surface area contributed by atoms with Crippen molar-refractivity contribution >= 4 is 12.0 Å². The number of carbonyl (C=O) groups excluding carboxylic acids is 1. The normalized spacial score (nSPS) is 13.2. The van der Waals surface area contributed by atoms with Crippen LogP contribution in [0, 0.1) is 11.3 Å². The van der Waals surface area contributed by atoms with Crippen LogP contribution in [-0.2, 0) is 4.79 Å². The fourth-order valence-electron chi connectivity index (χ4n) is 1.52. The van der Waals surface area contributed by atoms with Crippen molar-refractivity contribution in [3.8, 4) is 6.07 Å². The van der Waals surface area contributed by atoms with E-state index in [1.165, 1.54) is 6.08 Å². The number of rotatable bonds is 6. The molecule has 1 aromatic heterocycles. The van der Waals surface area contributed by atoms with Gasteiger partial charge in [0.15, 0.2) is 0 Å². The van der Waals surface area contributed by atoms with Crippen molar-refractivity contribution in [2.24, 2.45) is 0 Å². The molecule has 20 heavy (non-hydrogen) atoms. The molecule has 0 saturated carbocycles. The number of hydrogen-bond acceptors (Lipinski definition) is 3. The van der Waals surface area contributed by atoms with Gasteiger partial charge in [-0.3, -0.25) is 4.79 Å². The maximum absolute atomic E-state index is 12.0. The minimum absolute atomic E-state index is 0.0196. The topological polar surface area (TPSA) is 81.6 Å². The summed E-state index contributed by atoms with van der Waals surface area (Å²) in [5.41, 5.74) is 0.789. The monoisotopic (exact) mass is 268 g/mol. The van der Waals surface area contributed by atoms with E-state index in [1.54, 1.807) is 37.5 Å². The van der Waals surface area contributed by atoms with E-state index in [2.05, 4.69) is 28.4 Å². The lowest BCUT2D eigenvalue weighted by Crippen LogP contribution is -2.34. The summed E-state index contributed by atoms with van der Waals surface area (Å²) in [5, 5.41) is 11.8. The van der Waals surface area contributed by atoms with Crippen molar-refractivity contribution in [1.29, 1.82) is 5.26 Å². The molecular weight excluding hydrogens is 252 g/mol. The molecule has 1 atom stereocenters. The second-order valence-electron chi connectivity index (χ2n) is 3.95. The van der Waals surface area contributed by atoms with Crippen LogP contribution in [0.1, 0.15) is 12.7 Å². The number of H-pyrrole nitrogens is 1. The molecule has 1 heterocycles. The zero-order valence-electron chi connectivity index (χ0n) is 11.3. The Balaban J connectivity index is 2.84. The van der Waals surface area contributed by atoms with Crippen molar-refractivity contribution in [2.45, 2.75) is 13.0 Å². The Morgan fingerprint density at radius 2 is 2.35 bits per heavy atom. The predicted molar refractivity (Wildman–Crippen MR) is 78.3 cm³/mol. The minimum Gasteiger partial charge on any atom is -0.345 e. The molecule has 5 heteroatoms. The number of aromatic amines is 1. The molecule has 1 rings (SSSR count). The van der Waals surface area contributed by atoms with Crippen LogP contribution < -0.4 is 5.32 Å². The van der Waals surface area contributed by atoms with E-state index < -0.39 is 5.91 Å². The van der Waals surface area contributed by atoms with Crippen LogP contribution in [-0.4, -0.2) is 21.9 Å². The summed E-state index contributed by atoms with van der Waals surface area (Å²) >= 11 is 0. The second kappa shape index (κ2) is 7.54. The third-order valence-electron chi connectivity index (χ3n) is 2.56. The number of nitriles is 1. The summed E-state index contributed by atoms with van der Waals surface area (Å²) in [5.74, 6) is -0.0110. The highest BCUT2D eigenvalue weighted by Crippen LogP contribution is 2.06. The Bertz CT molecular complexity index is 588. The molecule has 0 bridgehead atoms. The number of imidazole rings is 1. The fourth-order valence-corrected chi connectivity index (χ4v) is 1.52. The van der Waals surface area contributed by atoms with Crippen LogP contribution in [0.4, 0.5) is 0 Å². The van der Waals surface area contributed by atoms with E-state index in [1.807, 2.05) is 6.07 Å². The lowest BCUT2D eigenvalue weighted by Gasteiger charge is -2.14. The molecule has 1 amide bonds. The van der Waals surface area contributed by atoms with Gasteiger partial charge in [-0.2, -0.15) is 5.26 Å². The molecule has 0 saturated heterocycles. The first kappa shape index (κ1) is 15.2. The van der Waals surface area contributed by atoms with Gasteiger partial charge < -0.3 is 10.3 Å². The molecule has 5 nitrogen and oxygen atoms in total. The minimum atomic E-state index is -0.465. The Labute approximate surface area is 118 Å². The Kier molecular flexibility index (Phi) is 5.73. The molecule has 0 aromatic carbocycles. The average molecular weight is 268 g/mol. The van der Waals surface area contributed by atoms with Crippen LogP contribution >= 0.6 is 0 Å². The molecule has 1 aromatic rings. The van der Waals surface area contributed by atoms with Crippen LogP contribution in [0.15, 0.2) is 54.9 Å². The first-order chi connectivity index (χ1) is 9.62. The van der Waals surface area contributed by atoms with Crippen LogP contribution in [0.5, 0.6) is 0 Å². The first-order valence-electron chi connectivity index (χ1n) is 5.99. The largest absolute Gasteiger partial charge is 0.345 e. The molecule has 0 spiro atoms. The van der Waals surface area contributed by atoms with Crippen LogP contribution in [0.25, 0.3) is 6.08 Å². The van der Waals surface area contributed by atoms with Crippen molar-refractivity contribution in [1.82, 2.24) is 15.3 Å². The SMILES string of the molecule is C=C/C=C(\C=C)C(C)NC(=O)/C(C#N)=C/c1ncc[nH]1. The molecule has 1 unspecified atom stereocenters. The molecule has 0 radical (unpaired) electrons. The number of hydrogen-bond donors (Lipinski definition) is 2. The summed E-state index contributed by atoms with van der Waals surface area (Å²) in [6, 6.07) is 1.59. The molecule has 0 aliphatic rings. The van der Waals surface area contributed by atoms with Gasteiger partial charge in [0.2, 0.25) is 0 Å². The van der Waals surface area contributed by atoms with Crippen molar-refractivity contribution < 1.29 is 4.79 Å². The van der Waals surface area contributed by atoms with Gasteiger partial charge in [-0.1, -0.05) is 31.4 Å². The van der Waals surface area contributed by atoms with Crippen molar-refractivity contribution in [2.75, 3.05) is 0 Å². The third kappa shape index (κ3) is 4.10. The van der Waals surface area contributed by atoms with Gasteiger partial charge in [0, 0.05) is 18.5 Å². The first-order valence-corrected chi connectivity index (χ1v) is 5.99. The molecule has 0 aliphatic carbocycles. The van der Waals surface area contributed by atoms with Crippen molar-refractivity contribution in [3.63, 3.8) is 0 Å². The van der Waals surface area contributed by atoms with Gasteiger partial charge in [-0.05, 0) is 12.5 Å². The Hall–Kier alpha value is -2.87. The molecular formula is C15H16N4O. The van der Waals surface area contributed by atoms with E-state index in [-0.39, 0.29) is 11.6 Å². The third-order valence-corrected chi connectivity index (χ3v) is 2.56. The molecule has 0 fully saturated rings. The van der Waals surface area contributed by atoms with E-state index >= 15 is 0 Å². The van der Waals surface area contributed by atoms with Gasteiger partial charge in [-0.25, -0.2) is 4.98 Å². The highest BCUT2D eigenvalue weighted by molar-refractivity contribution is 6.01. The maximum Gasteiger partial charge on any atom is 0.262 e. The zero-order chi connectivity index (χ0) is 15.0. The highest BCUT2D eigenvalue weighted by atomic mass is 16.1. The van der Waals surface area contributed by atoms with Gasteiger partial charge in [0.25, 0.3) is 5.91 Å². The number of carbonyl (C=O) groups is 1. The van der Waals surface area contributed by atoms with Gasteiger partial charge in [-0.15, -0.1) is 0 Å². The van der Waals surface area contributed by atoms with E-state index in [0.29, 0.717) is 5.82 Å². The maximum atomic E-state index is 12.0. The zero-order valence-corrected chi connectivity index (χ0v) is 11.3. The molecule has 102 valence electrons. The standard InChI is InChI=1S/C15H16N4O/c1-4-6-12(5-2)11(3)19-15(20)13(10-16)9-14-17-7-8-18-14/h4-9,11H,1-2H2,3H3,(H,17,18)(H,19,20)/b12-6+,13-9+. The quantitative estimate of drug-likeness (QED) is 0.471. The Morgan fingerprint density at radius 3 is 2.85 bits per heavy atom. The van der Waals surface area contributed by atoms with Crippen LogP contribution in [0.2, 0.25) is 0 Å². The summed E-state index contributed by atoms with van der Waals surface area (Å²) in [4.78, 5) is 18.8. The lowest BCUT2D eigenvalue weighted by atomic mass is 10.1. The lowest BCUT2D eigenvalue weighted by molar-refractivity contribution is -0.117. The number of aromatic nitrogens is 2. The fraction of sp³-hybridized carbons (Fsp3) is 0.133. The van der Waals surface area contributed by atoms with Gasteiger partial charge in [0.1, 0.15) is 17.5 Å². The second-order valence-corrected chi connectivity index (χ2v) is 3.95. The summed E-state index contributed by atoms with van der Waals surface area (Å²) in [6.45, 7) is 9.07. The average Bonchev–Trinajstić information content (AvgIpc) is 2.94. The summed E-state index contributed by atoms with van der Waals surface area (Å²) in [6.07, 6.45) is 9.56. The summed E-state index contributed by atoms with van der Waals surface area (Å²) in [7, 11) is 0. The van der Waals surface area contributed by atoms with E-state index in [4.69, 9.17) is 5.26 Å². The number of nitrogens with one attached hydrogen (secondary N) is 2. The van der Waals surface area contributed by atoms with Gasteiger partial charge >= 0.3 is 0 Å². The van der Waals surface area contributed by atoms with Crippen LogP contribution in [0.3, 0.4) is 0 Å². The summed E-state index contributed by atoms with van der Waals surface area (Å²) < 4.78 is 0. The smallest absolute Gasteiger partial charge is 0.262 e.